The fourth-order valence-electron chi connectivity index (χ4n) is 1.37. The van der Waals surface area contributed by atoms with Crippen LogP contribution >= 0.6 is 0 Å². The third-order valence-corrected chi connectivity index (χ3v) is 1.94. The van der Waals surface area contributed by atoms with E-state index in [9.17, 15) is 0 Å². The molecule has 0 bridgehead atoms. The Balaban J connectivity index is 2.03. The zero-order valence-corrected chi connectivity index (χ0v) is 7.58. The van der Waals surface area contributed by atoms with Crippen LogP contribution in [0.25, 0.3) is 0 Å². The van der Waals surface area contributed by atoms with Crippen molar-refractivity contribution in [1.82, 2.24) is 4.98 Å². The molecule has 0 aliphatic carbocycles. The Kier molecular flexibility index (Phi) is 2.63. The molecule has 1 aliphatic heterocycles. The normalized spacial score (nSPS) is 18.2. The molecule has 2 heterocycles. The van der Waals surface area contributed by atoms with Crippen LogP contribution in [0.5, 0.6) is 0 Å². The molecule has 1 aromatic rings. The van der Waals surface area contributed by atoms with Crippen molar-refractivity contribution in [2.24, 2.45) is 0 Å². The van der Waals surface area contributed by atoms with Gasteiger partial charge in [-0.2, -0.15) is 0 Å². The lowest BCUT2D eigenvalue weighted by Crippen LogP contribution is -1.98. The van der Waals surface area contributed by atoms with Gasteiger partial charge in [0.05, 0.1) is 25.5 Å². The average molecular weight is 183 g/mol. The Labute approximate surface area is 76.8 Å². The average Bonchev–Trinajstić information content (AvgIpc) is 2.70. The predicted molar refractivity (Wildman–Crippen MR) is 46.2 cm³/mol. The highest BCUT2D eigenvalue weighted by molar-refractivity contribution is 5.13. The maximum absolute atomic E-state index is 5.34. The molecule has 0 saturated carbocycles. The van der Waals surface area contributed by atoms with Crippen LogP contribution in [-0.4, -0.2) is 25.3 Å². The zero-order valence-electron chi connectivity index (χ0n) is 7.58. The van der Waals surface area contributed by atoms with Crippen LogP contribution in [0.3, 0.4) is 0 Å². The predicted octanol–water partition coefficient (Wildman–Crippen LogP) is 1.21. The quantitative estimate of drug-likeness (QED) is 0.765. The van der Waals surface area contributed by atoms with Crippen LogP contribution in [0.15, 0.2) is 12.1 Å². The largest absolute Gasteiger partial charge is 0.378 e. The number of methoxy groups -OCH3 is 1. The first-order valence-corrected chi connectivity index (χ1v) is 4.30. The van der Waals surface area contributed by atoms with Gasteiger partial charge >= 0.3 is 0 Å². The Morgan fingerprint density at radius 2 is 2.23 bits per heavy atom. The van der Waals surface area contributed by atoms with E-state index in [1.807, 2.05) is 12.1 Å². The lowest BCUT2D eigenvalue weighted by Gasteiger charge is -2.05. The second-order valence-corrected chi connectivity index (χ2v) is 2.95. The summed E-state index contributed by atoms with van der Waals surface area (Å²) in [4.78, 5) is 3.18. The summed E-state index contributed by atoms with van der Waals surface area (Å²) in [5.41, 5.74) is 2.00. The van der Waals surface area contributed by atoms with E-state index >= 15 is 0 Å². The van der Waals surface area contributed by atoms with Gasteiger partial charge in [0.2, 0.25) is 0 Å². The van der Waals surface area contributed by atoms with Crippen LogP contribution in [0.1, 0.15) is 17.7 Å². The molecule has 0 spiro atoms. The minimum atomic E-state index is -0.217. The summed E-state index contributed by atoms with van der Waals surface area (Å²) in [7, 11) is 1.67. The SMILES string of the molecule is COCc1ccc(C2OCCO2)[nH]1. The second kappa shape index (κ2) is 3.91. The molecule has 1 fully saturated rings. The number of hydrogen-bond donors (Lipinski definition) is 1. The standard InChI is InChI=1S/C9H13NO3/c1-11-6-7-2-3-8(10-7)9-12-4-5-13-9/h2-3,9-10H,4-6H2,1H3. The summed E-state index contributed by atoms with van der Waals surface area (Å²) in [6.45, 7) is 1.93. The van der Waals surface area contributed by atoms with E-state index < -0.39 is 0 Å². The van der Waals surface area contributed by atoms with E-state index in [1.165, 1.54) is 0 Å². The Hall–Kier alpha value is -0.840. The van der Waals surface area contributed by atoms with Crippen LogP contribution in [0, 0.1) is 0 Å². The molecule has 13 heavy (non-hydrogen) atoms. The number of hydrogen-bond acceptors (Lipinski definition) is 3. The fourth-order valence-corrected chi connectivity index (χ4v) is 1.37. The first kappa shape index (κ1) is 8.74. The van der Waals surface area contributed by atoms with Gasteiger partial charge in [-0.15, -0.1) is 0 Å². The van der Waals surface area contributed by atoms with E-state index in [2.05, 4.69) is 4.98 Å². The number of nitrogens with one attached hydrogen (secondary N) is 1. The van der Waals surface area contributed by atoms with Gasteiger partial charge in [-0.1, -0.05) is 0 Å². The molecular weight excluding hydrogens is 170 g/mol. The summed E-state index contributed by atoms with van der Waals surface area (Å²) >= 11 is 0. The molecule has 1 N–H and O–H groups in total. The van der Waals surface area contributed by atoms with Gasteiger partial charge < -0.3 is 19.2 Å². The van der Waals surface area contributed by atoms with Crippen molar-refractivity contribution in [3.05, 3.63) is 23.5 Å². The van der Waals surface area contributed by atoms with E-state index in [-0.39, 0.29) is 6.29 Å². The molecule has 1 aliphatic rings. The highest BCUT2D eigenvalue weighted by atomic mass is 16.7. The Morgan fingerprint density at radius 3 is 2.92 bits per heavy atom. The van der Waals surface area contributed by atoms with Gasteiger partial charge in [0.15, 0.2) is 6.29 Å². The van der Waals surface area contributed by atoms with Crippen LogP contribution < -0.4 is 0 Å². The molecule has 0 aromatic carbocycles. The number of aromatic nitrogens is 1. The summed E-state index contributed by atoms with van der Waals surface area (Å²) in [5, 5.41) is 0. The lowest BCUT2D eigenvalue weighted by atomic mass is 10.4. The number of aromatic amines is 1. The van der Waals surface area contributed by atoms with Gasteiger partial charge in [-0.05, 0) is 12.1 Å². The smallest absolute Gasteiger partial charge is 0.199 e. The Morgan fingerprint density at radius 1 is 1.46 bits per heavy atom. The first-order chi connectivity index (χ1) is 6.40. The van der Waals surface area contributed by atoms with Crippen molar-refractivity contribution in [2.75, 3.05) is 20.3 Å². The minimum Gasteiger partial charge on any atom is -0.378 e. The molecule has 0 radical (unpaired) electrons. The molecule has 0 atom stereocenters. The first-order valence-electron chi connectivity index (χ1n) is 4.30. The topological polar surface area (TPSA) is 43.5 Å². The van der Waals surface area contributed by atoms with E-state index in [0.717, 1.165) is 11.4 Å². The van der Waals surface area contributed by atoms with Gasteiger partial charge in [0.1, 0.15) is 0 Å². The fraction of sp³-hybridized carbons (Fsp3) is 0.556. The van der Waals surface area contributed by atoms with Crippen molar-refractivity contribution in [3.8, 4) is 0 Å². The summed E-state index contributed by atoms with van der Waals surface area (Å²) < 4.78 is 15.7. The maximum atomic E-state index is 5.34. The number of ether oxygens (including phenoxy) is 3. The van der Waals surface area contributed by atoms with Crippen molar-refractivity contribution in [1.29, 1.82) is 0 Å². The van der Waals surface area contributed by atoms with E-state index in [1.54, 1.807) is 7.11 Å². The van der Waals surface area contributed by atoms with Crippen molar-refractivity contribution >= 4 is 0 Å². The minimum absolute atomic E-state index is 0.217. The third kappa shape index (κ3) is 1.91. The molecule has 1 aromatic heterocycles. The molecule has 1 saturated heterocycles. The Bertz CT molecular complexity index is 266. The van der Waals surface area contributed by atoms with Crippen molar-refractivity contribution in [3.63, 3.8) is 0 Å². The molecular formula is C9H13NO3. The highest BCUT2D eigenvalue weighted by Crippen LogP contribution is 2.22. The maximum Gasteiger partial charge on any atom is 0.199 e. The van der Waals surface area contributed by atoms with Crippen molar-refractivity contribution < 1.29 is 14.2 Å². The molecule has 2 rings (SSSR count). The van der Waals surface area contributed by atoms with Gasteiger partial charge in [0, 0.05) is 12.8 Å². The van der Waals surface area contributed by atoms with E-state index in [0.29, 0.717) is 19.8 Å². The molecule has 4 heteroatoms. The zero-order chi connectivity index (χ0) is 9.10. The van der Waals surface area contributed by atoms with E-state index in [4.69, 9.17) is 14.2 Å². The van der Waals surface area contributed by atoms with Crippen LogP contribution in [0.2, 0.25) is 0 Å². The summed E-state index contributed by atoms with van der Waals surface area (Å²) in [6, 6.07) is 3.94. The third-order valence-electron chi connectivity index (χ3n) is 1.94. The summed E-state index contributed by atoms with van der Waals surface area (Å²) in [5.74, 6) is 0. The molecule has 72 valence electrons. The number of H-pyrrole nitrogens is 1. The van der Waals surface area contributed by atoms with Gasteiger partial charge in [0.25, 0.3) is 0 Å². The van der Waals surface area contributed by atoms with Gasteiger partial charge in [-0.3, -0.25) is 0 Å². The van der Waals surface area contributed by atoms with Gasteiger partial charge in [-0.25, -0.2) is 0 Å². The lowest BCUT2D eigenvalue weighted by molar-refractivity contribution is -0.0470. The van der Waals surface area contributed by atoms with Crippen molar-refractivity contribution in [2.45, 2.75) is 12.9 Å². The monoisotopic (exact) mass is 183 g/mol. The number of rotatable bonds is 3. The second-order valence-electron chi connectivity index (χ2n) is 2.95. The van der Waals surface area contributed by atoms with Crippen LogP contribution in [-0.2, 0) is 20.8 Å². The summed E-state index contributed by atoms with van der Waals surface area (Å²) in [6.07, 6.45) is -0.217. The molecule has 0 amide bonds. The highest BCUT2D eigenvalue weighted by Gasteiger charge is 2.19. The molecule has 0 unspecified atom stereocenters. The molecule has 4 nitrogen and oxygen atoms in total. The van der Waals surface area contributed by atoms with Crippen LogP contribution in [0.4, 0.5) is 0 Å².